The van der Waals surface area contributed by atoms with Gasteiger partial charge in [0, 0.05) is 24.5 Å². The summed E-state index contributed by atoms with van der Waals surface area (Å²) in [4.78, 5) is 0. The molecule has 5 nitrogen and oxygen atoms in total. The van der Waals surface area contributed by atoms with Crippen LogP contribution in [0.3, 0.4) is 0 Å². The first kappa shape index (κ1) is 22.9. The van der Waals surface area contributed by atoms with Crippen molar-refractivity contribution in [2.45, 2.75) is 55.4 Å². The molecule has 0 aromatic heterocycles. The van der Waals surface area contributed by atoms with Crippen LogP contribution in [-0.2, 0) is 4.74 Å². The van der Waals surface area contributed by atoms with E-state index < -0.39 is 0 Å². The molecule has 160 valence electrons. The van der Waals surface area contributed by atoms with E-state index in [1.54, 1.807) is 0 Å². The lowest BCUT2D eigenvalue weighted by Crippen LogP contribution is -2.16. The van der Waals surface area contributed by atoms with E-state index >= 15 is 0 Å². The fraction of sp³-hybridized carbons (Fsp3) is 0.500. The minimum atomic E-state index is 0.387. The first-order chi connectivity index (χ1) is 13.6. The number of aromatic hydroxyl groups is 2. The van der Waals surface area contributed by atoms with Crippen LogP contribution >= 0.6 is 0 Å². The molecule has 0 aliphatic rings. The van der Waals surface area contributed by atoms with E-state index in [1.807, 2.05) is 55.4 Å². The van der Waals surface area contributed by atoms with Gasteiger partial charge in [-0.25, -0.2) is 0 Å². The predicted molar refractivity (Wildman–Crippen MR) is 122 cm³/mol. The molecule has 0 saturated carbocycles. The molecule has 0 spiro atoms. The Morgan fingerprint density at radius 2 is 0.793 bits per heavy atom. The van der Waals surface area contributed by atoms with Gasteiger partial charge in [0.1, 0.15) is 11.5 Å². The highest BCUT2D eigenvalue weighted by Crippen LogP contribution is 2.35. The van der Waals surface area contributed by atoms with Crippen molar-refractivity contribution >= 4 is 11.4 Å². The normalized spacial score (nSPS) is 11.0. The second-order valence-electron chi connectivity index (χ2n) is 7.91. The molecule has 2 rings (SSSR count). The number of hydrogen-bond acceptors (Lipinski definition) is 5. The number of phenolic OH excluding ortho intramolecular Hbond substituents is 2. The number of benzene rings is 2. The van der Waals surface area contributed by atoms with E-state index in [9.17, 15) is 10.2 Å². The third kappa shape index (κ3) is 4.61. The first-order valence-electron chi connectivity index (χ1n) is 10.2. The number of rotatable bonds is 8. The van der Waals surface area contributed by atoms with Crippen LogP contribution in [0.4, 0.5) is 11.4 Å². The summed E-state index contributed by atoms with van der Waals surface area (Å²) in [5.74, 6) is 0.774. The molecule has 4 N–H and O–H groups in total. The van der Waals surface area contributed by atoms with Gasteiger partial charge in [-0.05, 0) is 99.9 Å². The van der Waals surface area contributed by atoms with E-state index in [4.69, 9.17) is 4.74 Å². The Hall–Kier alpha value is -2.40. The molecule has 5 heteroatoms. The van der Waals surface area contributed by atoms with Crippen molar-refractivity contribution in [3.8, 4) is 11.5 Å². The fourth-order valence-corrected chi connectivity index (χ4v) is 3.71. The van der Waals surface area contributed by atoms with E-state index in [0.29, 0.717) is 37.8 Å². The van der Waals surface area contributed by atoms with Crippen LogP contribution in [0, 0.1) is 55.4 Å². The molecule has 2 aromatic rings. The van der Waals surface area contributed by atoms with Gasteiger partial charge in [-0.1, -0.05) is 0 Å². The predicted octanol–water partition coefficient (Wildman–Crippen LogP) is 5.11. The molecule has 0 unspecified atom stereocenters. The molecular weight excluding hydrogens is 364 g/mol. The van der Waals surface area contributed by atoms with Gasteiger partial charge in [-0.15, -0.1) is 0 Å². The maximum atomic E-state index is 10.2. The summed E-state index contributed by atoms with van der Waals surface area (Å²) >= 11 is 0. The van der Waals surface area contributed by atoms with Gasteiger partial charge in [-0.3, -0.25) is 0 Å². The van der Waals surface area contributed by atoms with Crippen LogP contribution in [0.25, 0.3) is 0 Å². The van der Waals surface area contributed by atoms with Gasteiger partial charge < -0.3 is 25.6 Å². The number of ether oxygens (including phenoxy) is 1. The summed E-state index contributed by atoms with van der Waals surface area (Å²) in [6.45, 7) is 18.5. The van der Waals surface area contributed by atoms with Gasteiger partial charge in [0.2, 0.25) is 0 Å². The highest BCUT2D eigenvalue weighted by atomic mass is 16.5. The topological polar surface area (TPSA) is 73.8 Å². The number of phenols is 2. The van der Waals surface area contributed by atoms with Gasteiger partial charge in [-0.2, -0.15) is 0 Å². The maximum absolute atomic E-state index is 10.2. The van der Waals surface area contributed by atoms with E-state index in [2.05, 4.69) is 10.6 Å². The van der Waals surface area contributed by atoms with Crippen LogP contribution in [-0.4, -0.2) is 36.5 Å². The quantitative estimate of drug-likeness (QED) is 0.366. The van der Waals surface area contributed by atoms with Crippen molar-refractivity contribution < 1.29 is 14.9 Å². The summed E-state index contributed by atoms with van der Waals surface area (Å²) in [6, 6.07) is 0. The number of anilines is 2. The van der Waals surface area contributed by atoms with E-state index in [-0.39, 0.29) is 0 Å². The van der Waals surface area contributed by atoms with Crippen LogP contribution in [0.2, 0.25) is 0 Å². The summed E-state index contributed by atoms with van der Waals surface area (Å²) in [5, 5.41) is 27.2. The Morgan fingerprint density at radius 1 is 0.517 bits per heavy atom. The minimum absolute atomic E-state index is 0.387. The van der Waals surface area contributed by atoms with Crippen LogP contribution < -0.4 is 10.6 Å². The standard InChI is InChI=1S/C24H36N2O3/c1-13-17(5)23(27)18(6)14(2)21(13)25-9-11-29-12-10-26-22-15(3)19(7)24(28)20(8)16(22)4/h25-28H,9-12H2,1-8H3. The van der Waals surface area contributed by atoms with Crippen molar-refractivity contribution in [3.63, 3.8) is 0 Å². The average Bonchev–Trinajstić information content (AvgIpc) is 2.71. The van der Waals surface area contributed by atoms with Crippen LogP contribution in [0.15, 0.2) is 0 Å². The SMILES string of the molecule is Cc1c(C)c(NCCOCCNc2c(C)c(C)c(O)c(C)c2C)c(C)c(C)c1O. The summed E-state index contributed by atoms with van der Waals surface area (Å²) in [5.41, 5.74) is 10.2. The Balaban J connectivity index is 1.84. The number of hydrogen-bond donors (Lipinski definition) is 4. The molecule has 0 bridgehead atoms. The van der Waals surface area contributed by atoms with Crippen molar-refractivity contribution in [2.75, 3.05) is 36.9 Å². The molecule has 0 saturated heterocycles. The van der Waals surface area contributed by atoms with Gasteiger partial charge in [0.15, 0.2) is 0 Å². The van der Waals surface area contributed by atoms with Crippen molar-refractivity contribution in [1.29, 1.82) is 0 Å². The zero-order valence-corrected chi connectivity index (χ0v) is 19.1. The Bertz CT molecular complexity index is 772. The monoisotopic (exact) mass is 400 g/mol. The lowest BCUT2D eigenvalue weighted by atomic mass is 9.97. The zero-order valence-electron chi connectivity index (χ0n) is 19.1. The van der Waals surface area contributed by atoms with E-state index in [0.717, 1.165) is 55.9 Å². The summed E-state index contributed by atoms with van der Waals surface area (Å²) < 4.78 is 5.78. The van der Waals surface area contributed by atoms with Gasteiger partial charge >= 0.3 is 0 Å². The Morgan fingerprint density at radius 3 is 1.07 bits per heavy atom. The highest BCUT2D eigenvalue weighted by molar-refractivity contribution is 5.67. The number of nitrogens with one attached hydrogen (secondary N) is 2. The highest BCUT2D eigenvalue weighted by Gasteiger charge is 2.14. The Kier molecular flexibility index (Phi) is 7.42. The van der Waals surface area contributed by atoms with Crippen molar-refractivity contribution in [1.82, 2.24) is 0 Å². The molecule has 0 radical (unpaired) electrons. The third-order valence-corrected chi connectivity index (χ3v) is 6.27. The smallest absolute Gasteiger partial charge is 0.122 e. The molecule has 2 aromatic carbocycles. The second kappa shape index (κ2) is 9.40. The average molecular weight is 401 g/mol. The first-order valence-corrected chi connectivity index (χ1v) is 10.2. The molecule has 0 fully saturated rings. The van der Waals surface area contributed by atoms with Crippen LogP contribution in [0.5, 0.6) is 11.5 Å². The molecule has 29 heavy (non-hydrogen) atoms. The van der Waals surface area contributed by atoms with Gasteiger partial charge in [0.25, 0.3) is 0 Å². The van der Waals surface area contributed by atoms with Gasteiger partial charge in [0.05, 0.1) is 13.2 Å². The molecule has 0 heterocycles. The Labute approximate surface area is 175 Å². The van der Waals surface area contributed by atoms with Crippen molar-refractivity contribution in [2.24, 2.45) is 0 Å². The molecule has 0 amide bonds. The third-order valence-electron chi connectivity index (χ3n) is 6.27. The second-order valence-corrected chi connectivity index (χ2v) is 7.91. The summed E-state index contributed by atoms with van der Waals surface area (Å²) in [7, 11) is 0. The lowest BCUT2D eigenvalue weighted by molar-refractivity contribution is 0.154. The molecule has 0 aliphatic carbocycles. The zero-order chi connectivity index (χ0) is 21.9. The molecule has 0 atom stereocenters. The lowest BCUT2D eigenvalue weighted by Gasteiger charge is -2.19. The molecule has 0 aliphatic heterocycles. The summed E-state index contributed by atoms with van der Waals surface area (Å²) in [6.07, 6.45) is 0. The maximum Gasteiger partial charge on any atom is 0.122 e. The largest absolute Gasteiger partial charge is 0.507 e. The van der Waals surface area contributed by atoms with Crippen molar-refractivity contribution in [3.05, 3.63) is 44.5 Å². The minimum Gasteiger partial charge on any atom is -0.507 e. The fourth-order valence-electron chi connectivity index (χ4n) is 3.71. The van der Waals surface area contributed by atoms with E-state index in [1.165, 1.54) is 0 Å². The van der Waals surface area contributed by atoms with Crippen LogP contribution in [0.1, 0.15) is 44.5 Å². The molecular formula is C24H36N2O3.